The number of hydrogen-bond donors (Lipinski definition) is 0. The van der Waals surface area contributed by atoms with Crippen LogP contribution in [0.15, 0.2) is 40.6 Å². The van der Waals surface area contributed by atoms with E-state index in [0.29, 0.717) is 0 Å². The SMILES string of the molecule is CC1=CCC(SC(C)(C)C)([Si](C)(C)C2=[C-]CC=C2)C(C)=C1.[Cl-].[Cl-].[Ti+3]. The average Bonchev–Trinajstić information content (AvgIpc) is 2.85. The molecule has 5 heteroatoms. The molecule has 0 N–H and O–H groups in total. The molecule has 0 saturated carbocycles. The molecule has 0 aromatic rings. The summed E-state index contributed by atoms with van der Waals surface area (Å²) in [6.07, 6.45) is 15.3. The Morgan fingerprint density at radius 3 is 2.17 bits per heavy atom. The number of allylic oxidation sites excluding steroid dienone is 7. The Labute approximate surface area is 181 Å². The van der Waals surface area contributed by atoms with Gasteiger partial charge in [-0.3, -0.25) is 6.08 Å². The molecule has 2 aliphatic rings. The molecule has 0 aromatic carbocycles. The zero-order valence-corrected chi connectivity index (χ0v) is 20.8. The molecule has 2 aliphatic carbocycles. The van der Waals surface area contributed by atoms with Gasteiger partial charge in [-0.25, -0.2) is 11.3 Å². The van der Waals surface area contributed by atoms with Crippen molar-refractivity contribution in [1.82, 2.24) is 0 Å². The van der Waals surface area contributed by atoms with Crippen molar-refractivity contribution in [3.8, 4) is 0 Å². The van der Waals surface area contributed by atoms with E-state index in [2.05, 4.69) is 89.9 Å². The van der Waals surface area contributed by atoms with Crippen molar-refractivity contribution in [3.05, 3.63) is 46.7 Å². The Balaban J connectivity index is 0. The fourth-order valence-corrected chi connectivity index (χ4v) is 10.4. The van der Waals surface area contributed by atoms with Gasteiger partial charge in [0, 0.05) is 9.12 Å². The summed E-state index contributed by atoms with van der Waals surface area (Å²) in [5.41, 5.74) is 2.98. The van der Waals surface area contributed by atoms with E-state index in [1.807, 2.05) is 0 Å². The van der Waals surface area contributed by atoms with E-state index >= 15 is 0 Å². The molecule has 2 rings (SSSR count). The molecule has 0 amide bonds. The van der Waals surface area contributed by atoms with Gasteiger partial charge < -0.3 is 24.8 Å². The van der Waals surface area contributed by atoms with Gasteiger partial charge in [0.05, 0.1) is 8.07 Å². The summed E-state index contributed by atoms with van der Waals surface area (Å²) in [6.45, 7) is 16.7. The molecule has 1 radical (unpaired) electrons. The van der Waals surface area contributed by atoms with Gasteiger partial charge in [-0.15, -0.1) is 18.2 Å². The van der Waals surface area contributed by atoms with Crippen LogP contribution < -0.4 is 24.8 Å². The Kier molecular flexibility index (Phi) is 10.9. The van der Waals surface area contributed by atoms with Crippen LogP contribution in [0.2, 0.25) is 13.1 Å². The van der Waals surface area contributed by atoms with Crippen LogP contribution in [-0.4, -0.2) is 17.2 Å². The van der Waals surface area contributed by atoms with Gasteiger partial charge in [-0.05, 0) is 20.3 Å². The summed E-state index contributed by atoms with van der Waals surface area (Å²) in [5, 5.41) is 1.51. The molecule has 0 nitrogen and oxygen atoms in total. The Morgan fingerprint density at radius 1 is 1.17 bits per heavy atom. The normalized spacial score (nSPS) is 23.2. The van der Waals surface area contributed by atoms with Gasteiger partial charge in [0.15, 0.2) is 0 Å². The standard InChI is InChI=1S/C19H29SSi.2ClH.Ti/c1-15-12-13-19(16(2)14-15,20-18(3,4)5)21(6,7)17-10-8-9-11-17;;;/h8,10,12,14H,9,13H2,1-7H3;2*1H;/q-1;;;+3/p-2. The van der Waals surface area contributed by atoms with Crippen molar-refractivity contribution in [1.29, 1.82) is 0 Å². The first-order chi connectivity index (χ1) is 9.58. The van der Waals surface area contributed by atoms with E-state index in [1.54, 1.807) is 5.57 Å². The molecule has 0 aliphatic heterocycles. The van der Waals surface area contributed by atoms with E-state index in [0.717, 1.165) is 6.42 Å². The van der Waals surface area contributed by atoms with E-state index in [-0.39, 0.29) is 55.6 Å². The third-order valence-corrected chi connectivity index (χ3v) is 12.2. The summed E-state index contributed by atoms with van der Waals surface area (Å²) >= 11 is 2.18. The molecule has 1 unspecified atom stereocenters. The van der Waals surface area contributed by atoms with Crippen LogP contribution in [0.3, 0.4) is 0 Å². The molecule has 1 atom stereocenters. The van der Waals surface area contributed by atoms with Gasteiger partial charge in [-0.2, -0.15) is 6.08 Å². The summed E-state index contributed by atoms with van der Waals surface area (Å²) in [7, 11) is -1.65. The number of halogens is 2. The molecular weight excluding hydrogens is 407 g/mol. The van der Waals surface area contributed by atoms with Crippen molar-refractivity contribution >= 4 is 19.8 Å². The van der Waals surface area contributed by atoms with E-state index in [9.17, 15) is 0 Å². The Bertz CT molecular complexity index is 556. The maximum absolute atomic E-state index is 3.64. The van der Waals surface area contributed by atoms with Crippen molar-refractivity contribution in [2.45, 2.75) is 69.7 Å². The van der Waals surface area contributed by atoms with Crippen molar-refractivity contribution < 1.29 is 46.5 Å². The topological polar surface area (TPSA) is 0 Å². The van der Waals surface area contributed by atoms with Crippen molar-refractivity contribution in [2.75, 3.05) is 0 Å². The maximum atomic E-state index is 3.64. The van der Waals surface area contributed by atoms with Gasteiger partial charge >= 0.3 is 21.7 Å². The fourth-order valence-electron chi connectivity index (χ4n) is 3.55. The number of hydrogen-bond acceptors (Lipinski definition) is 1. The van der Waals surface area contributed by atoms with Gasteiger partial charge in [0.25, 0.3) is 0 Å². The molecule has 24 heavy (non-hydrogen) atoms. The Morgan fingerprint density at radius 2 is 1.75 bits per heavy atom. The predicted octanol–water partition coefficient (Wildman–Crippen LogP) is 0.0350. The van der Waals surface area contributed by atoms with Gasteiger partial charge in [0.1, 0.15) is 0 Å². The maximum Gasteiger partial charge on any atom is 3.00 e. The first-order valence-electron chi connectivity index (χ1n) is 7.92. The van der Waals surface area contributed by atoms with Crippen LogP contribution in [0.5, 0.6) is 0 Å². The van der Waals surface area contributed by atoms with Gasteiger partial charge in [0.2, 0.25) is 0 Å². The second-order valence-corrected chi connectivity index (χ2v) is 15.0. The summed E-state index contributed by atoms with van der Waals surface area (Å²) < 4.78 is 0.517. The molecule has 0 fully saturated rings. The molecule has 0 aromatic heterocycles. The molecule has 133 valence electrons. The van der Waals surface area contributed by atoms with Crippen LogP contribution in [0.1, 0.15) is 47.5 Å². The van der Waals surface area contributed by atoms with Crippen LogP contribution in [-0.2, 0) is 21.7 Å². The fraction of sp³-hybridized carbons (Fsp3) is 0.579. The Hall–Kier alpha value is 0.821. The quantitative estimate of drug-likeness (QED) is 0.445. The van der Waals surface area contributed by atoms with E-state index in [4.69, 9.17) is 0 Å². The second-order valence-electron chi connectivity index (χ2n) is 7.84. The van der Waals surface area contributed by atoms with Crippen LogP contribution in [0.4, 0.5) is 0 Å². The number of rotatable bonds is 3. The van der Waals surface area contributed by atoms with E-state index in [1.165, 1.54) is 17.2 Å². The molecule has 0 spiro atoms. The minimum Gasteiger partial charge on any atom is -1.00 e. The predicted molar refractivity (Wildman–Crippen MR) is 100 cm³/mol. The van der Waals surface area contributed by atoms with Crippen LogP contribution >= 0.6 is 11.8 Å². The zero-order chi connectivity index (χ0) is 15.9. The molecular formula is C19H29Cl2SSiTi. The zero-order valence-electron chi connectivity index (χ0n) is 15.9. The van der Waals surface area contributed by atoms with Crippen LogP contribution in [0, 0.1) is 6.08 Å². The molecule has 0 bridgehead atoms. The minimum atomic E-state index is -1.65. The average molecular weight is 436 g/mol. The first kappa shape index (κ1) is 27.0. The third kappa shape index (κ3) is 5.41. The first-order valence-corrected chi connectivity index (χ1v) is 11.7. The molecule has 0 heterocycles. The van der Waals surface area contributed by atoms with Crippen LogP contribution in [0.25, 0.3) is 0 Å². The summed E-state index contributed by atoms with van der Waals surface area (Å²) in [4.78, 5) is 0. The minimum absolute atomic E-state index is 0. The van der Waals surface area contributed by atoms with E-state index < -0.39 is 8.07 Å². The smallest absolute Gasteiger partial charge is 1.00 e. The monoisotopic (exact) mass is 435 g/mol. The summed E-state index contributed by atoms with van der Waals surface area (Å²) in [6, 6.07) is 0. The van der Waals surface area contributed by atoms with Crippen molar-refractivity contribution in [2.24, 2.45) is 0 Å². The summed E-state index contributed by atoms with van der Waals surface area (Å²) in [5.74, 6) is 0. The van der Waals surface area contributed by atoms with Crippen molar-refractivity contribution in [3.63, 3.8) is 0 Å². The number of thioether (sulfide) groups is 1. The third-order valence-electron chi connectivity index (χ3n) is 4.65. The largest absolute Gasteiger partial charge is 3.00 e. The second kappa shape index (κ2) is 9.67. The molecule has 0 saturated heterocycles. The van der Waals surface area contributed by atoms with Gasteiger partial charge in [-0.1, -0.05) is 57.2 Å².